The third-order valence-electron chi connectivity index (χ3n) is 6.60. The smallest absolute Gasteiger partial charge is 0.406 e. The van der Waals surface area contributed by atoms with E-state index in [2.05, 4.69) is 19.9 Å². The van der Waals surface area contributed by atoms with E-state index in [1.54, 1.807) is 26.0 Å². The first-order chi connectivity index (χ1) is 17.9. The van der Waals surface area contributed by atoms with Crippen LogP contribution in [-0.4, -0.2) is 89.2 Å². The zero-order chi connectivity index (χ0) is 27.7. The molecule has 2 aliphatic rings. The Balaban J connectivity index is 1.60. The number of amides is 4. The maximum absolute atomic E-state index is 13.7. The van der Waals surface area contributed by atoms with Crippen LogP contribution in [0, 0.1) is 0 Å². The van der Waals surface area contributed by atoms with Crippen LogP contribution in [0.1, 0.15) is 25.6 Å². The van der Waals surface area contributed by atoms with Crippen molar-refractivity contribution in [3.8, 4) is 5.75 Å². The standard InChI is InChI=1S/C25H29F3N6O4/c1-24(2)22(36)33(18-4-6-19(7-5-18)38-25(26,27)28)23(37)34(24)21(17-8-10-29-11-9-17)30-20(35)16-32-14-12-31(3)13-15-32/h4-11,21H,12-16H2,1-3H3,(H,30,35). The van der Waals surface area contributed by atoms with Gasteiger partial charge in [0.1, 0.15) is 17.5 Å². The molecule has 204 valence electrons. The summed E-state index contributed by atoms with van der Waals surface area (Å²) >= 11 is 0. The van der Waals surface area contributed by atoms with Crippen molar-refractivity contribution >= 4 is 23.5 Å². The highest BCUT2D eigenvalue weighted by molar-refractivity contribution is 6.23. The van der Waals surface area contributed by atoms with Crippen molar-refractivity contribution in [3.05, 3.63) is 54.4 Å². The van der Waals surface area contributed by atoms with Gasteiger partial charge in [0, 0.05) is 38.6 Å². The number of benzene rings is 1. The van der Waals surface area contributed by atoms with Gasteiger partial charge in [0.05, 0.1) is 12.2 Å². The molecule has 13 heteroatoms. The lowest BCUT2D eigenvalue weighted by Gasteiger charge is -2.37. The Labute approximate surface area is 217 Å². The maximum Gasteiger partial charge on any atom is 0.573 e. The number of ether oxygens (including phenoxy) is 1. The lowest BCUT2D eigenvalue weighted by atomic mass is 10.0. The highest BCUT2D eigenvalue weighted by atomic mass is 19.4. The Morgan fingerprint density at radius 2 is 1.66 bits per heavy atom. The van der Waals surface area contributed by atoms with Crippen molar-refractivity contribution in [2.24, 2.45) is 0 Å². The minimum Gasteiger partial charge on any atom is -0.406 e. The summed E-state index contributed by atoms with van der Waals surface area (Å²) in [6, 6.07) is 7.00. The number of likely N-dealkylation sites (N-methyl/N-ethyl adjacent to an activating group) is 1. The molecule has 0 bridgehead atoms. The van der Waals surface area contributed by atoms with E-state index in [0.29, 0.717) is 5.56 Å². The summed E-state index contributed by atoms with van der Waals surface area (Å²) < 4.78 is 41.5. The van der Waals surface area contributed by atoms with Crippen LogP contribution >= 0.6 is 0 Å². The number of imide groups is 1. The number of carbonyl (C=O) groups is 3. The molecule has 10 nitrogen and oxygen atoms in total. The fourth-order valence-corrected chi connectivity index (χ4v) is 4.52. The van der Waals surface area contributed by atoms with Crippen LogP contribution in [0.3, 0.4) is 0 Å². The van der Waals surface area contributed by atoms with Gasteiger partial charge < -0.3 is 15.0 Å². The van der Waals surface area contributed by atoms with E-state index in [9.17, 15) is 27.6 Å². The molecule has 1 aromatic carbocycles. The van der Waals surface area contributed by atoms with Gasteiger partial charge in [-0.25, -0.2) is 9.69 Å². The number of pyridine rings is 1. The molecule has 2 aromatic rings. The van der Waals surface area contributed by atoms with Crippen molar-refractivity contribution in [1.82, 2.24) is 25.0 Å². The van der Waals surface area contributed by atoms with Crippen molar-refractivity contribution < 1.29 is 32.3 Å². The molecule has 0 saturated carbocycles. The summed E-state index contributed by atoms with van der Waals surface area (Å²) in [6.07, 6.45) is -2.84. The van der Waals surface area contributed by atoms with Gasteiger partial charge in [0.2, 0.25) is 5.91 Å². The van der Waals surface area contributed by atoms with Crippen molar-refractivity contribution in [3.63, 3.8) is 0 Å². The summed E-state index contributed by atoms with van der Waals surface area (Å²) in [5.41, 5.74) is -0.785. The first kappa shape index (κ1) is 27.3. The monoisotopic (exact) mass is 534 g/mol. The first-order valence-electron chi connectivity index (χ1n) is 12.0. The predicted molar refractivity (Wildman–Crippen MR) is 131 cm³/mol. The van der Waals surface area contributed by atoms with Crippen LogP contribution in [0.4, 0.5) is 23.7 Å². The van der Waals surface area contributed by atoms with E-state index < -0.39 is 35.8 Å². The van der Waals surface area contributed by atoms with Gasteiger partial charge >= 0.3 is 12.4 Å². The second kappa shape index (κ2) is 10.6. The van der Waals surface area contributed by atoms with Crippen molar-refractivity contribution in [1.29, 1.82) is 0 Å². The molecule has 1 N–H and O–H groups in total. The molecule has 2 saturated heterocycles. The molecule has 4 rings (SSSR count). The van der Waals surface area contributed by atoms with E-state index in [1.807, 2.05) is 11.9 Å². The zero-order valence-electron chi connectivity index (χ0n) is 21.2. The first-order valence-corrected chi connectivity index (χ1v) is 12.0. The largest absolute Gasteiger partial charge is 0.573 e. The average Bonchev–Trinajstić information content (AvgIpc) is 3.03. The van der Waals surface area contributed by atoms with Crippen LogP contribution in [0.25, 0.3) is 0 Å². The molecule has 0 spiro atoms. The Morgan fingerprint density at radius 3 is 2.24 bits per heavy atom. The minimum absolute atomic E-state index is 0.0716. The number of hydrogen-bond acceptors (Lipinski definition) is 7. The van der Waals surface area contributed by atoms with E-state index in [0.717, 1.165) is 43.2 Å². The topological polar surface area (TPSA) is 98.3 Å². The molecule has 0 aliphatic carbocycles. The summed E-state index contributed by atoms with van der Waals surface area (Å²) in [4.78, 5) is 50.6. The van der Waals surface area contributed by atoms with Crippen molar-refractivity contribution in [2.45, 2.75) is 31.9 Å². The summed E-state index contributed by atoms with van der Waals surface area (Å²) in [7, 11) is 2.01. The van der Waals surface area contributed by atoms with Gasteiger partial charge in [-0.05, 0) is 62.9 Å². The number of piperazine rings is 1. The number of carbonyl (C=O) groups excluding carboxylic acids is 3. The van der Waals surface area contributed by atoms with Crippen LogP contribution in [-0.2, 0) is 9.59 Å². The molecule has 0 radical (unpaired) electrons. The Bertz CT molecular complexity index is 1170. The second-order valence-corrected chi connectivity index (χ2v) is 9.72. The maximum atomic E-state index is 13.7. The molecule has 4 amide bonds. The third-order valence-corrected chi connectivity index (χ3v) is 6.60. The summed E-state index contributed by atoms with van der Waals surface area (Å²) in [5, 5.41) is 2.91. The Morgan fingerprint density at radius 1 is 1.05 bits per heavy atom. The molecule has 2 aliphatic heterocycles. The van der Waals surface area contributed by atoms with Crippen LogP contribution in [0.2, 0.25) is 0 Å². The number of hydrogen-bond donors (Lipinski definition) is 1. The molecule has 1 unspecified atom stereocenters. The molecule has 38 heavy (non-hydrogen) atoms. The van der Waals surface area contributed by atoms with Gasteiger partial charge in [-0.1, -0.05) is 0 Å². The minimum atomic E-state index is -4.88. The van der Waals surface area contributed by atoms with Gasteiger partial charge in [0.25, 0.3) is 5.91 Å². The molecule has 1 atom stereocenters. The number of urea groups is 1. The SMILES string of the molecule is CN1CCN(CC(=O)NC(c2ccncc2)N2C(=O)N(c3ccc(OC(F)(F)F)cc3)C(=O)C2(C)C)CC1. The Kier molecular flexibility index (Phi) is 7.61. The lowest BCUT2D eigenvalue weighted by molar-refractivity contribution is -0.274. The van der Waals surface area contributed by atoms with Gasteiger partial charge in [-0.2, -0.15) is 0 Å². The molecule has 3 heterocycles. The average molecular weight is 535 g/mol. The van der Waals surface area contributed by atoms with E-state index in [4.69, 9.17) is 0 Å². The normalized spacial score (nSPS) is 19.5. The summed E-state index contributed by atoms with van der Waals surface area (Å²) in [5.74, 6) is -1.40. The number of alkyl halides is 3. The predicted octanol–water partition coefficient (Wildman–Crippen LogP) is 2.59. The lowest BCUT2D eigenvalue weighted by Crippen LogP contribution is -2.54. The van der Waals surface area contributed by atoms with Crippen molar-refractivity contribution in [2.75, 3.05) is 44.7 Å². The van der Waals surface area contributed by atoms with Crippen LogP contribution in [0.15, 0.2) is 48.8 Å². The van der Waals surface area contributed by atoms with Crippen LogP contribution < -0.4 is 15.0 Å². The van der Waals surface area contributed by atoms with Crippen LogP contribution in [0.5, 0.6) is 5.75 Å². The number of nitrogens with zero attached hydrogens (tertiary/aromatic N) is 5. The number of rotatable bonds is 7. The molecule has 2 fully saturated rings. The van der Waals surface area contributed by atoms with E-state index >= 15 is 0 Å². The number of halogens is 3. The molecule has 1 aromatic heterocycles. The quantitative estimate of drug-likeness (QED) is 0.546. The number of anilines is 1. The molecular weight excluding hydrogens is 505 g/mol. The molecular formula is C25H29F3N6O4. The fraction of sp³-hybridized carbons (Fsp3) is 0.440. The zero-order valence-corrected chi connectivity index (χ0v) is 21.2. The number of aromatic nitrogens is 1. The van der Waals surface area contributed by atoms with Gasteiger partial charge in [-0.15, -0.1) is 13.2 Å². The summed E-state index contributed by atoms with van der Waals surface area (Å²) in [6.45, 7) is 6.32. The highest BCUT2D eigenvalue weighted by Gasteiger charge is 2.55. The second-order valence-electron chi connectivity index (χ2n) is 9.72. The van der Waals surface area contributed by atoms with E-state index in [-0.39, 0.29) is 18.1 Å². The fourth-order valence-electron chi connectivity index (χ4n) is 4.52. The van der Waals surface area contributed by atoms with E-state index in [1.165, 1.54) is 29.4 Å². The van der Waals surface area contributed by atoms with Gasteiger partial charge in [-0.3, -0.25) is 24.4 Å². The highest BCUT2D eigenvalue weighted by Crippen LogP contribution is 2.38. The van der Waals surface area contributed by atoms with Gasteiger partial charge in [0.15, 0.2) is 0 Å². The Hall–Kier alpha value is -3.71. The third kappa shape index (κ3) is 5.89. The number of nitrogens with one attached hydrogen (secondary N) is 1.